The Morgan fingerprint density at radius 2 is 1.96 bits per heavy atom. The molecular weight excluding hydrogens is 338 g/mol. The van der Waals surface area contributed by atoms with E-state index in [0.29, 0.717) is 5.13 Å². The van der Waals surface area contributed by atoms with Gasteiger partial charge in [0, 0.05) is 22.4 Å². The van der Waals surface area contributed by atoms with E-state index in [4.69, 9.17) is 0 Å². The average Bonchev–Trinajstić information content (AvgIpc) is 3.14. The second kappa shape index (κ2) is 7.07. The predicted molar refractivity (Wildman–Crippen MR) is 102 cm³/mol. The van der Waals surface area contributed by atoms with Crippen LogP contribution in [0.25, 0.3) is 17.3 Å². The van der Waals surface area contributed by atoms with Crippen LogP contribution in [0.1, 0.15) is 21.8 Å². The zero-order valence-corrected chi connectivity index (χ0v) is 15.3. The molecule has 2 aromatic heterocycles. The van der Waals surface area contributed by atoms with Crippen LogP contribution in [-0.2, 0) is 4.79 Å². The SMILES string of the molecule is Cc1ccc(-c2csc(NC(=O)/C=C/c3csc(C)n3)n2)c(C)c1. The fourth-order valence-corrected chi connectivity index (χ4v) is 3.61. The quantitative estimate of drug-likeness (QED) is 0.681. The predicted octanol–water partition coefficient (Wildman–Crippen LogP) is 4.84. The zero-order valence-electron chi connectivity index (χ0n) is 13.7. The monoisotopic (exact) mass is 355 g/mol. The van der Waals surface area contributed by atoms with Crippen LogP contribution in [0.5, 0.6) is 0 Å². The molecule has 1 aromatic carbocycles. The van der Waals surface area contributed by atoms with Gasteiger partial charge >= 0.3 is 0 Å². The van der Waals surface area contributed by atoms with E-state index in [0.717, 1.165) is 22.0 Å². The van der Waals surface area contributed by atoms with Gasteiger partial charge in [0.15, 0.2) is 5.13 Å². The third kappa shape index (κ3) is 3.96. The fourth-order valence-electron chi connectivity index (χ4n) is 2.32. The van der Waals surface area contributed by atoms with Crippen LogP contribution < -0.4 is 5.32 Å². The lowest BCUT2D eigenvalue weighted by Crippen LogP contribution is -2.07. The summed E-state index contributed by atoms with van der Waals surface area (Å²) in [6.45, 7) is 6.07. The number of anilines is 1. The molecule has 0 bridgehead atoms. The summed E-state index contributed by atoms with van der Waals surface area (Å²) in [4.78, 5) is 20.8. The number of thiazole rings is 2. The lowest BCUT2D eigenvalue weighted by Gasteiger charge is -2.03. The molecular formula is C18H17N3OS2. The molecule has 0 aliphatic heterocycles. The summed E-state index contributed by atoms with van der Waals surface area (Å²) in [5.41, 5.74) is 5.17. The molecule has 0 fully saturated rings. The van der Waals surface area contributed by atoms with E-state index in [1.54, 1.807) is 17.4 Å². The van der Waals surface area contributed by atoms with Crippen LogP contribution in [-0.4, -0.2) is 15.9 Å². The smallest absolute Gasteiger partial charge is 0.250 e. The number of aromatic nitrogens is 2. The summed E-state index contributed by atoms with van der Waals surface area (Å²) >= 11 is 2.98. The topological polar surface area (TPSA) is 54.9 Å². The van der Waals surface area contributed by atoms with Crippen molar-refractivity contribution in [3.63, 3.8) is 0 Å². The van der Waals surface area contributed by atoms with Crippen molar-refractivity contribution < 1.29 is 4.79 Å². The van der Waals surface area contributed by atoms with Gasteiger partial charge < -0.3 is 0 Å². The standard InChI is InChI=1S/C18H17N3OS2/c1-11-4-6-15(12(2)8-11)16-10-24-18(20-16)21-17(22)7-5-14-9-23-13(3)19-14/h4-10H,1-3H3,(H,20,21,22)/b7-5+. The van der Waals surface area contributed by atoms with E-state index >= 15 is 0 Å². The van der Waals surface area contributed by atoms with E-state index in [-0.39, 0.29) is 5.91 Å². The first-order valence-corrected chi connectivity index (χ1v) is 9.21. The number of nitrogens with one attached hydrogen (secondary N) is 1. The van der Waals surface area contributed by atoms with Crippen molar-refractivity contribution in [1.82, 2.24) is 9.97 Å². The maximum absolute atomic E-state index is 12.0. The molecule has 0 aliphatic rings. The van der Waals surface area contributed by atoms with Gasteiger partial charge in [-0.05, 0) is 32.4 Å². The van der Waals surface area contributed by atoms with Gasteiger partial charge in [0.2, 0.25) is 5.91 Å². The number of amides is 1. The summed E-state index contributed by atoms with van der Waals surface area (Å²) in [5.74, 6) is -0.206. The molecule has 2 heterocycles. The van der Waals surface area contributed by atoms with Gasteiger partial charge in [0.05, 0.1) is 16.4 Å². The molecule has 0 spiro atoms. The summed E-state index contributed by atoms with van der Waals surface area (Å²) in [6.07, 6.45) is 3.18. The van der Waals surface area contributed by atoms with Gasteiger partial charge in [-0.25, -0.2) is 9.97 Å². The molecule has 6 heteroatoms. The average molecular weight is 355 g/mol. The number of nitrogens with zero attached hydrogens (tertiary/aromatic N) is 2. The number of rotatable bonds is 4. The normalized spacial score (nSPS) is 11.1. The van der Waals surface area contributed by atoms with Gasteiger partial charge in [0.25, 0.3) is 0 Å². The van der Waals surface area contributed by atoms with Crippen molar-refractivity contribution >= 4 is 39.8 Å². The van der Waals surface area contributed by atoms with Gasteiger partial charge in [-0.2, -0.15) is 0 Å². The molecule has 3 aromatic rings. The van der Waals surface area contributed by atoms with Crippen LogP contribution in [0.4, 0.5) is 5.13 Å². The van der Waals surface area contributed by atoms with E-state index in [1.807, 2.05) is 17.7 Å². The first-order valence-electron chi connectivity index (χ1n) is 7.45. The summed E-state index contributed by atoms with van der Waals surface area (Å²) < 4.78 is 0. The van der Waals surface area contributed by atoms with Gasteiger partial charge in [-0.3, -0.25) is 10.1 Å². The maximum atomic E-state index is 12.0. The molecule has 0 radical (unpaired) electrons. The van der Waals surface area contributed by atoms with Crippen molar-refractivity contribution in [2.75, 3.05) is 5.32 Å². The van der Waals surface area contributed by atoms with Crippen molar-refractivity contribution in [2.24, 2.45) is 0 Å². The highest BCUT2D eigenvalue weighted by molar-refractivity contribution is 7.14. The molecule has 3 rings (SSSR count). The summed E-state index contributed by atoms with van der Waals surface area (Å²) in [5, 5.41) is 8.25. The molecule has 4 nitrogen and oxygen atoms in total. The zero-order chi connectivity index (χ0) is 17.1. The van der Waals surface area contributed by atoms with Gasteiger partial charge in [-0.1, -0.05) is 23.8 Å². The van der Waals surface area contributed by atoms with E-state index in [1.165, 1.54) is 28.5 Å². The van der Waals surface area contributed by atoms with Crippen molar-refractivity contribution in [3.8, 4) is 11.3 Å². The maximum Gasteiger partial charge on any atom is 0.250 e. The Labute approximate surface area is 148 Å². The van der Waals surface area contributed by atoms with Crippen molar-refractivity contribution in [3.05, 3.63) is 56.9 Å². The number of carbonyl (C=O) groups is 1. The minimum Gasteiger partial charge on any atom is -0.298 e. The van der Waals surface area contributed by atoms with Crippen LogP contribution in [0.15, 0.2) is 35.0 Å². The van der Waals surface area contributed by atoms with E-state index in [2.05, 4.69) is 47.3 Å². The van der Waals surface area contributed by atoms with Crippen molar-refractivity contribution in [2.45, 2.75) is 20.8 Å². The van der Waals surface area contributed by atoms with Crippen LogP contribution in [0.2, 0.25) is 0 Å². The van der Waals surface area contributed by atoms with Crippen LogP contribution >= 0.6 is 22.7 Å². The Morgan fingerprint density at radius 3 is 2.67 bits per heavy atom. The molecule has 0 saturated carbocycles. The van der Waals surface area contributed by atoms with E-state index < -0.39 is 0 Å². The molecule has 0 unspecified atom stereocenters. The van der Waals surface area contributed by atoms with Gasteiger partial charge in [0.1, 0.15) is 0 Å². The highest BCUT2D eigenvalue weighted by Gasteiger charge is 2.08. The van der Waals surface area contributed by atoms with Crippen LogP contribution in [0.3, 0.4) is 0 Å². The molecule has 24 heavy (non-hydrogen) atoms. The van der Waals surface area contributed by atoms with Crippen LogP contribution in [0, 0.1) is 20.8 Å². The molecule has 0 aliphatic carbocycles. The Bertz CT molecular complexity index is 909. The molecule has 122 valence electrons. The Morgan fingerprint density at radius 1 is 1.12 bits per heavy atom. The van der Waals surface area contributed by atoms with Crippen molar-refractivity contribution in [1.29, 1.82) is 0 Å². The lowest BCUT2D eigenvalue weighted by molar-refractivity contribution is -0.111. The number of aryl methyl sites for hydroxylation is 3. The number of hydrogen-bond donors (Lipinski definition) is 1. The third-order valence-corrected chi connectivity index (χ3v) is 4.98. The third-order valence-electron chi connectivity index (χ3n) is 3.43. The minimum absolute atomic E-state index is 0.206. The summed E-state index contributed by atoms with van der Waals surface area (Å²) in [7, 11) is 0. The second-order valence-electron chi connectivity index (χ2n) is 5.47. The lowest BCUT2D eigenvalue weighted by atomic mass is 10.0. The highest BCUT2D eigenvalue weighted by Crippen LogP contribution is 2.28. The molecule has 0 atom stereocenters. The first kappa shape index (κ1) is 16.5. The first-order chi connectivity index (χ1) is 11.5. The van der Waals surface area contributed by atoms with E-state index in [9.17, 15) is 4.79 Å². The molecule has 1 amide bonds. The Kier molecular flexibility index (Phi) is 4.87. The Balaban J connectivity index is 1.69. The highest BCUT2D eigenvalue weighted by atomic mass is 32.1. The largest absolute Gasteiger partial charge is 0.298 e. The fraction of sp³-hybridized carbons (Fsp3) is 0.167. The Hall–Kier alpha value is -2.31. The molecule has 1 N–H and O–H groups in total. The number of hydrogen-bond acceptors (Lipinski definition) is 5. The number of benzene rings is 1. The minimum atomic E-state index is -0.206. The molecule has 0 saturated heterocycles. The second-order valence-corrected chi connectivity index (χ2v) is 7.39. The number of carbonyl (C=O) groups excluding carboxylic acids is 1. The van der Waals surface area contributed by atoms with Gasteiger partial charge in [-0.15, -0.1) is 22.7 Å². The summed E-state index contributed by atoms with van der Waals surface area (Å²) in [6, 6.07) is 6.26.